The maximum Gasteiger partial charge on any atom is 0.219 e. The molecule has 0 aliphatic rings. The molecule has 4 heteroatoms. The van der Waals surface area contributed by atoms with Crippen molar-refractivity contribution in [3.8, 4) is 0 Å². The molecular weight excluding hydrogens is 203 g/mol. The average Bonchev–Trinajstić information content (AvgIpc) is 2.02. The molecule has 0 aliphatic carbocycles. The molecule has 0 saturated heterocycles. The summed E-state index contributed by atoms with van der Waals surface area (Å²) in [5, 5.41) is 0. The number of allylic oxidation sites excluding steroid dienone is 1. The molecular formula is C9H17O2PS. The van der Waals surface area contributed by atoms with Crippen molar-refractivity contribution in [2.45, 2.75) is 27.7 Å². The van der Waals surface area contributed by atoms with Crippen LogP contribution in [0, 0.1) is 0 Å². The van der Waals surface area contributed by atoms with Crippen molar-refractivity contribution < 1.29 is 9.05 Å². The molecule has 0 aromatic heterocycles. The quantitative estimate of drug-likeness (QED) is 0.522. The van der Waals surface area contributed by atoms with Crippen LogP contribution in [0.5, 0.6) is 0 Å². The van der Waals surface area contributed by atoms with E-state index >= 15 is 0 Å². The van der Waals surface area contributed by atoms with Crippen LogP contribution in [0.4, 0.5) is 0 Å². The van der Waals surface area contributed by atoms with Crippen LogP contribution in [0.1, 0.15) is 27.7 Å². The van der Waals surface area contributed by atoms with E-state index < -0.39 is 6.49 Å². The van der Waals surface area contributed by atoms with Crippen molar-refractivity contribution in [2.75, 3.05) is 13.2 Å². The van der Waals surface area contributed by atoms with Gasteiger partial charge in [-0.15, -0.1) is 5.73 Å². The summed E-state index contributed by atoms with van der Waals surface area (Å²) < 4.78 is 10.8. The molecule has 2 nitrogen and oxygen atoms in total. The number of hydrogen-bond donors (Lipinski definition) is 0. The average molecular weight is 220 g/mol. The molecule has 0 bridgehead atoms. The molecule has 0 rings (SSSR count). The first kappa shape index (κ1) is 13.1. The van der Waals surface area contributed by atoms with E-state index in [0.717, 1.165) is 5.57 Å². The highest BCUT2D eigenvalue weighted by Crippen LogP contribution is 2.49. The monoisotopic (exact) mass is 220 g/mol. The second kappa shape index (κ2) is 6.53. The van der Waals surface area contributed by atoms with Crippen LogP contribution in [0.3, 0.4) is 0 Å². The fraction of sp³-hybridized carbons (Fsp3) is 0.667. The zero-order chi connectivity index (χ0) is 10.3. The van der Waals surface area contributed by atoms with Gasteiger partial charge in [0.2, 0.25) is 6.49 Å². The van der Waals surface area contributed by atoms with Crippen molar-refractivity contribution >= 4 is 18.3 Å². The predicted molar refractivity (Wildman–Crippen MR) is 60.5 cm³/mol. The van der Waals surface area contributed by atoms with Crippen molar-refractivity contribution in [3.63, 3.8) is 0 Å². The second-order valence-electron chi connectivity index (χ2n) is 2.65. The molecule has 0 aromatic rings. The van der Waals surface area contributed by atoms with E-state index in [2.05, 4.69) is 5.73 Å². The molecule has 13 heavy (non-hydrogen) atoms. The third-order valence-corrected chi connectivity index (χ3v) is 3.76. The number of rotatable bonds is 5. The molecule has 0 N–H and O–H groups in total. The molecule has 76 valence electrons. The van der Waals surface area contributed by atoms with Crippen LogP contribution in [0.2, 0.25) is 0 Å². The first-order chi connectivity index (χ1) is 6.04. The third kappa shape index (κ3) is 6.20. The van der Waals surface area contributed by atoms with E-state index in [1.807, 2.05) is 27.7 Å². The Bertz CT molecular complexity index is 240. The first-order valence-corrected chi connectivity index (χ1v) is 7.04. The van der Waals surface area contributed by atoms with Crippen molar-refractivity contribution in [2.24, 2.45) is 0 Å². The van der Waals surface area contributed by atoms with Gasteiger partial charge in [-0.1, -0.05) is 0 Å². The van der Waals surface area contributed by atoms with E-state index in [4.69, 9.17) is 20.9 Å². The van der Waals surface area contributed by atoms with E-state index in [1.165, 1.54) is 0 Å². The molecule has 0 unspecified atom stereocenters. The summed E-state index contributed by atoms with van der Waals surface area (Å²) >= 11 is 5.25. The SMILES string of the molecule is CCOP(=S)(C=C=C(C)C)OCC. The smallest absolute Gasteiger partial charge is 0.219 e. The Morgan fingerprint density at radius 3 is 2.08 bits per heavy atom. The van der Waals surface area contributed by atoms with Crippen LogP contribution in [0.15, 0.2) is 17.1 Å². The van der Waals surface area contributed by atoms with Gasteiger partial charge in [-0.3, -0.25) is 0 Å². The van der Waals surface area contributed by atoms with Gasteiger partial charge in [0.1, 0.15) is 0 Å². The zero-order valence-corrected chi connectivity index (χ0v) is 10.4. The molecule has 0 aliphatic heterocycles. The summed E-state index contributed by atoms with van der Waals surface area (Å²) in [6.07, 6.45) is 0. The highest BCUT2D eigenvalue weighted by molar-refractivity contribution is 8.11. The van der Waals surface area contributed by atoms with Gasteiger partial charge in [0.05, 0.1) is 13.2 Å². The van der Waals surface area contributed by atoms with E-state index in [-0.39, 0.29) is 0 Å². The normalized spacial score (nSPS) is 10.8. The fourth-order valence-corrected chi connectivity index (χ4v) is 2.83. The van der Waals surface area contributed by atoms with Crippen LogP contribution in [-0.2, 0) is 20.9 Å². The van der Waals surface area contributed by atoms with Gasteiger partial charge in [0, 0.05) is 5.82 Å². The Balaban J connectivity index is 4.60. The summed E-state index contributed by atoms with van der Waals surface area (Å²) in [4.78, 5) is 0. The van der Waals surface area contributed by atoms with E-state index in [1.54, 1.807) is 5.82 Å². The zero-order valence-electron chi connectivity index (χ0n) is 8.66. The summed E-state index contributed by atoms with van der Waals surface area (Å²) in [6, 6.07) is 0. The fourth-order valence-electron chi connectivity index (χ4n) is 0.680. The van der Waals surface area contributed by atoms with Crippen molar-refractivity contribution in [1.82, 2.24) is 0 Å². The highest BCUT2D eigenvalue weighted by Gasteiger charge is 2.12. The highest BCUT2D eigenvalue weighted by atomic mass is 32.5. The van der Waals surface area contributed by atoms with Crippen LogP contribution < -0.4 is 0 Å². The minimum absolute atomic E-state index is 0.582. The minimum atomic E-state index is -2.20. The van der Waals surface area contributed by atoms with Gasteiger partial charge in [-0.05, 0) is 45.1 Å². The van der Waals surface area contributed by atoms with Crippen LogP contribution in [0.25, 0.3) is 0 Å². The van der Waals surface area contributed by atoms with Gasteiger partial charge in [0.15, 0.2) is 0 Å². The second-order valence-corrected chi connectivity index (χ2v) is 6.03. The molecule has 0 atom stereocenters. The molecule has 0 fully saturated rings. The maximum atomic E-state index is 5.39. The topological polar surface area (TPSA) is 18.5 Å². The Hall–Kier alpha value is 0.0900. The van der Waals surface area contributed by atoms with Gasteiger partial charge in [0.25, 0.3) is 0 Å². The molecule has 0 radical (unpaired) electrons. The Morgan fingerprint density at radius 2 is 1.77 bits per heavy atom. The van der Waals surface area contributed by atoms with E-state index in [9.17, 15) is 0 Å². The van der Waals surface area contributed by atoms with Gasteiger partial charge < -0.3 is 9.05 Å². The number of hydrogen-bond acceptors (Lipinski definition) is 3. The molecule has 0 saturated carbocycles. The maximum absolute atomic E-state index is 5.39. The van der Waals surface area contributed by atoms with Crippen molar-refractivity contribution in [1.29, 1.82) is 0 Å². The van der Waals surface area contributed by atoms with Crippen LogP contribution >= 0.6 is 6.49 Å². The summed E-state index contributed by atoms with van der Waals surface area (Å²) in [5.74, 6) is 1.75. The van der Waals surface area contributed by atoms with E-state index in [0.29, 0.717) is 13.2 Å². The predicted octanol–water partition coefficient (Wildman–Crippen LogP) is 3.45. The standard InChI is InChI=1S/C9H17O2PS/c1-5-10-12(13,11-6-2)8-7-9(3)4/h8H,5-6H2,1-4H3. The Labute approximate surface area is 85.8 Å². The summed E-state index contributed by atoms with van der Waals surface area (Å²) in [7, 11) is 0. The lowest BCUT2D eigenvalue weighted by Crippen LogP contribution is -1.91. The molecule has 0 spiro atoms. The minimum Gasteiger partial charge on any atom is -0.326 e. The lowest BCUT2D eigenvalue weighted by molar-refractivity contribution is 0.274. The molecule has 0 amide bonds. The van der Waals surface area contributed by atoms with Crippen molar-refractivity contribution in [3.05, 3.63) is 17.1 Å². The van der Waals surface area contributed by atoms with Gasteiger partial charge in [-0.25, -0.2) is 0 Å². The van der Waals surface area contributed by atoms with Gasteiger partial charge >= 0.3 is 0 Å². The Kier molecular flexibility index (Phi) is 6.58. The summed E-state index contributed by atoms with van der Waals surface area (Å²) in [6.45, 7) is 6.73. The molecule has 0 aromatic carbocycles. The first-order valence-electron chi connectivity index (χ1n) is 4.34. The Morgan fingerprint density at radius 1 is 1.31 bits per heavy atom. The lowest BCUT2D eigenvalue weighted by atomic mass is 10.4. The third-order valence-electron chi connectivity index (χ3n) is 1.13. The largest absolute Gasteiger partial charge is 0.326 e. The molecule has 0 heterocycles. The van der Waals surface area contributed by atoms with Gasteiger partial charge in [-0.2, -0.15) is 0 Å². The van der Waals surface area contributed by atoms with Crippen LogP contribution in [-0.4, -0.2) is 13.2 Å². The lowest BCUT2D eigenvalue weighted by Gasteiger charge is -2.15. The summed E-state index contributed by atoms with van der Waals surface area (Å²) in [5.41, 5.74) is 4.12.